The molecule has 1 aromatic heterocycles. The van der Waals surface area contributed by atoms with Gasteiger partial charge in [-0.1, -0.05) is 0 Å². The van der Waals surface area contributed by atoms with E-state index in [1.54, 1.807) is 6.20 Å². The number of rotatable bonds is 5. The molecule has 1 fully saturated rings. The molecule has 2 N–H and O–H groups in total. The summed E-state index contributed by atoms with van der Waals surface area (Å²) in [7, 11) is 1.92. The van der Waals surface area contributed by atoms with E-state index < -0.39 is 0 Å². The van der Waals surface area contributed by atoms with Crippen LogP contribution in [0.25, 0.3) is 0 Å². The van der Waals surface area contributed by atoms with E-state index in [1.165, 1.54) is 0 Å². The quantitative estimate of drug-likeness (QED) is 0.799. The van der Waals surface area contributed by atoms with Crippen LogP contribution in [-0.2, 0) is 18.3 Å². The smallest absolute Gasteiger partial charge is 0.221 e. The topological polar surface area (TPSA) is 59.0 Å². The molecule has 0 bridgehead atoms. The molecule has 1 saturated heterocycles. The molecule has 18 heavy (non-hydrogen) atoms. The molecular formula is C12H20N4OS. The van der Waals surface area contributed by atoms with Crippen molar-refractivity contribution in [2.24, 2.45) is 7.05 Å². The first kappa shape index (κ1) is 13.4. The molecule has 0 aromatic carbocycles. The van der Waals surface area contributed by atoms with Crippen LogP contribution in [0.4, 0.5) is 0 Å². The van der Waals surface area contributed by atoms with Crippen LogP contribution < -0.4 is 10.6 Å². The van der Waals surface area contributed by atoms with Crippen molar-refractivity contribution in [1.29, 1.82) is 0 Å². The van der Waals surface area contributed by atoms with Crippen molar-refractivity contribution in [3.63, 3.8) is 0 Å². The Labute approximate surface area is 112 Å². The molecule has 1 aliphatic heterocycles. The van der Waals surface area contributed by atoms with Gasteiger partial charge in [-0.05, 0) is 6.07 Å². The second-order valence-corrected chi connectivity index (χ2v) is 5.63. The van der Waals surface area contributed by atoms with Crippen LogP contribution in [0.1, 0.15) is 12.1 Å². The first-order valence-electron chi connectivity index (χ1n) is 6.30. The highest BCUT2D eigenvalue weighted by atomic mass is 32.2. The van der Waals surface area contributed by atoms with Crippen LogP contribution in [0.15, 0.2) is 12.3 Å². The first-order chi connectivity index (χ1) is 8.75. The highest BCUT2D eigenvalue weighted by Crippen LogP contribution is 2.09. The Morgan fingerprint density at radius 1 is 1.72 bits per heavy atom. The van der Waals surface area contributed by atoms with Gasteiger partial charge in [-0.3, -0.25) is 9.48 Å². The van der Waals surface area contributed by atoms with Gasteiger partial charge < -0.3 is 10.6 Å². The van der Waals surface area contributed by atoms with E-state index in [2.05, 4.69) is 15.7 Å². The lowest BCUT2D eigenvalue weighted by molar-refractivity contribution is -0.121. The van der Waals surface area contributed by atoms with Gasteiger partial charge in [-0.15, -0.1) is 0 Å². The van der Waals surface area contributed by atoms with Crippen LogP contribution in [0.3, 0.4) is 0 Å². The number of amides is 1. The fraction of sp³-hybridized carbons (Fsp3) is 0.667. The average Bonchev–Trinajstić information content (AvgIpc) is 2.76. The van der Waals surface area contributed by atoms with E-state index >= 15 is 0 Å². The molecule has 1 unspecified atom stereocenters. The van der Waals surface area contributed by atoms with Crippen molar-refractivity contribution in [3.05, 3.63) is 18.0 Å². The van der Waals surface area contributed by atoms with Crippen LogP contribution in [0.5, 0.6) is 0 Å². The predicted molar refractivity (Wildman–Crippen MR) is 73.7 cm³/mol. The zero-order valence-electron chi connectivity index (χ0n) is 10.7. The zero-order valence-corrected chi connectivity index (χ0v) is 11.5. The Morgan fingerprint density at radius 2 is 2.61 bits per heavy atom. The molecule has 0 radical (unpaired) electrons. The van der Waals surface area contributed by atoms with Gasteiger partial charge in [0.15, 0.2) is 0 Å². The summed E-state index contributed by atoms with van der Waals surface area (Å²) < 4.78 is 1.84. The van der Waals surface area contributed by atoms with Gasteiger partial charge in [-0.2, -0.15) is 16.9 Å². The van der Waals surface area contributed by atoms with E-state index in [0.717, 1.165) is 30.2 Å². The van der Waals surface area contributed by atoms with Gasteiger partial charge in [-0.25, -0.2) is 0 Å². The molecule has 1 aromatic rings. The molecule has 0 saturated carbocycles. The minimum Gasteiger partial charge on any atom is -0.356 e. The number of carbonyl (C=O) groups is 1. The molecule has 2 heterocycles. The van der Waals surface area contributed by atoms with E-state index in [0.29, 0.717) is 19.0 Å². The summed E-state index contributed by atoms with van der Waals surface area (Å²) in [5.41, 5.74) is 1.14. The molecule has 2 rings (SSSR count). The second-order valence-electron chi connectivity index (χ2n) is 4.48. The maximum Gasteiger partial charge on any atom is 0.221 e. The molecule has 0 aliphatic carbocycles. The molecule has 6 heteroatoms. The first-order valence-corrected chi connectivity index (χ1v) is 7.46. The standard InChI is InChI=1S/C12H20N4OS/c1-16-11(3-5-15-16)2-4-14-12(17)8-10-9-18-7-6-13-10/h3,5,10,13H,2,4,6-9H2,1H3,(H,14,17). The Balaban J connectivity index is 1.64. The summed E-state index contributed by atoms with van der Waals surface area (Å²) >= 11 is 1.91. The number of carbonyl (C=O) groups excluding carboxylic acids is 1. The number of hydrogen-bond acceptors (Lipinski definition) is 4. The third kappa shape index (κ3) is 4.03. The number of nitrogens with zero attached hydrogens (tertiary/aromatic N) is 2. The monoisotopic (exact) mass is 268 g/mol. The molecule has 1 atom stereocenters. The van der Waals surface area contributed by atoms with Gasteiger partial charge in [0, 0.05) is 62.4 Å². The van der Waals surface area contributed by atoms with Gasteiger partial charge in [0.25, 0.3) is 0 Å². The summed E-state index contributed by atoms with van der Waals surface area (Å²) in [6.45, 7) is 1.69. The highest BCUT2D eigenvalue weighted by molar-refractivity contribution is 7.99. The summed E-state index contributed by atoms with van der Waals surface area (Å²) in [4.78, 5) is 11.7. The Kier molecular flexibility index (Phi) is 5.07. The summed E-state index contributed by atoms with van der Waals surface area (Å²) in [5, 5.41) is 10.4. The van der Waals surface area contributed by atoms with Crippen molar-refractivity contribution in [2.45, 2.75) is 18.9 Å². The van der Waals surface area contributed by atoms with Crippen LogP contribution in [-0.4, -0.2) is 46.3 Å². The molecule has 0 spiro atoms. The third-order valence-electron chi connectivity index (χ3n) is 3.06. The van der Waals surface area contributed by atoms with Crippen molar-refractivity contribution in [2.75, 3.05) is 24.6 Å². The molecule has 1 amide bonds. The van der Waals surface area contributed by atoms with E-state index in [1.807, 2.05) is 29.6 Å². The largest absolute Gasteiger partial charge is 0.356 e. The van der Waals surface area contributed by atoms with E-state index in [-0.39, 0.29) is 5.91 Å². The maximum atomic E-state index is 11.7. The number of nitrogens with one attached hydrogen (secondary N) is 2. The highest BCUT2D eigenvalue weighted by Gasteiger charge is 2.16. The normalized spacial score (nSPS) is 19.7. The summed E-state index contributed by atoms with van der Waals surface area (Å²) in [6.07, 6.45) is 3.19. The molecular weight excluding hydrogens is 248 g/mol. The van der Waals surface area contributed by atoms with Crippen molar-refractivity contribution in [1.82, 2.24) is 20.4 Å². The van der Waals surface area contributed by atoms with Crippen molar-refractivity contribution < 1.29 is 4.79 Å². The molecule has 5 nitrogen and oxygen atoms in total. The van der Waals surface area contributed by atoms with E-state index in [9.17, 15) is 4.79 Å². The van der Waals surface area contributed by atoms with Gasteiger partial charge in [0.1, 0.15) is 0 Å². The lowest BCUT2D eigenvalue weighted by Crippen LogP contribution is -2.41. The van der Waals surface area contributed by atoms with Gasteiger partial charge >= 0.3 is 0 Å². The minimum atomic E-state index is 0.136. The van der Waals surface area contributed by atoms with Gasteiger partial charge in [0.05, 0.1) is 0 Å². The Bertz CT molecular complexity index is 387. The maximum absolute atomic E-state index is 11.7. The average molecular weight is 268 g/mol. The lowest BCUT2D eigenvalue weighted by atomic mass is 10.2. The summed E-state index contributed by atoms with van der Waals surface area (Å²) in [6, 6.07) is 2.31. The number of aromatic nitrogens is 2. The van der Waals surface area contributed by atoms with E-state index in [4.69, 9.17) is 0 Å². The van der Waals surface area contributed by atoms with Crippen LogP contribution in [0, 0.1) is 0 Å². The molecule has 100 valence electrons. The number of thioether (sulfide) groups is 1. The Hall–Kier alpha value is -1.01. The second kappa shape index (κ2) is 6.80. The molecule has 1 aliphatic rings. The van der Waals surface area contributed by atoms with Crippen molar-refractivity contribution >= 4 is 17.7 Å². The van der Waals surface area contributed by atoms with Gasteiger partial charge in [0.2, 0.25) is 5.91 Å². The summed E-state index contributed by atoms with van der Waals surface area (Å²) in [5.74, 6) is 2.32. The predicted octanol–water partition coefficient (Wildman–Crippen LogP) is 0.174. The SMILES string of the molecule is Cn1nccc1CCNC(=O)CC1CSCCN1. The zero-order chi connectivity index (χ0) is 12.8. The fourth-order valence-corrected chi connectivity index (χ4v) is 2.97. The number of aryl methyl sites for hydroxylation is 1. The van der Waals surface area contributed by atoms with Crippen LogP contribution >= 0.6 is 11.8 Å². The lowest BCUT2D eigenvalue weighted by Gasteiger charge is -2.22. The Morgan fingerprint density at radius 3 is 3.28 bits per heavy atom. The third-order valence-corrected chi connectivity index (χ3v) is 4.19. The number of hydrogen-bond donors (Lipinski definition) is 2. The minimum absolute atomic E-state index is 0.136. The van der Waals surface area contributed by atoms with Crippen LogP contribution in [0.2, 0.25) is 0 Å². The van der Waals surface area contributed by atoms with Crippen molar-refractivity contribution in [3.8, 4) is 0 Å². The fourth-order valence-electron chi connectivity index (χ4n) is 2.02.